The molecule has 1 aromatic heterocycles. The smallest absolute Gasteiger partial charge is 0.257 e. The number of benzene rings is 2. The van der Waals surface area contributed by atoms with Crippen LogP contribution in [0.3, 0.4) is 0 Å². The van der Waals surface area contributed by atoms with Crippen molar-refractivity contribution in [3.05, 3.63) is 99.1 Å². The molecular weight excluding hydrogens is 296 g/mol. The minimum atomic E-state index is -0.231. The maximum atomic E-state index is 12.9. The Labute approximate surface area is 141 Å². The van der Waals surface area contributed by atoms with Gasteiger partial charge in [0.25, 0.3) is 11.2 Å². The van der Waals surface area contributed by atoms with Crippen molar-refractivity contribution in [1.82, 2.24) is 4.57 Å². The van der Waals surface area contributed by atoms with Crippen LogP contribution in [0.4, 0.5) is 5.69 Å². The van der Waals surface area contributed by atoms with Crippen molar-refractivity contribution in [2.45, 2.75) is 20.4 Å². The van der Waals surface area contributed by atoms with Crippen LogP contribution in [-0.2, 0) is 6.54 Å². The third-order valence-corrected chi connectivity index (χ3v) is 4.07. The molecule has 0 bridgehead atoms. The fourth-order valence-corrected chi connectivity index (χ4v) is 2.89. The van der Waals surface area contributed by atoms with Gasteiger partial charge in [-0.3, -0.25) is 4.79 Å². The van der Waals surface area contributed by atoms with E-state index in [1.165, 1.54) is 0 Å². The van der Waals surface area contributed by atoms with Gasteiger partial charge in [-0.1, -0.05) is 60.2 Å². The summed E-state index contributed by atoms with van der Waals surface area (Å²) in [5.41, 5.74) is 4.70. The lowest BCUT2D eigenvalue weighted by molar-refractivity contribution is 0.769. The van der Waals surface area contributed by atoms with Gasteiger partial charge in [-0.2, -0.15) is 0 Å². The van der Waals surface area contributed by atoms with Gasteiger partial charge in [-0.25, -0.2) is 4.85 Å². The minimum Gasteiger partial charge on any atom is -0.313 e. The van der Waals surface area contributed by atoms with Crippen molar-refractivity contribution in [3.8, 4) is 11.3 Å². The van der Waals surface area contributed by atoms with Crippen molar-refractivity contribution in [2.75, 3.05) is 0 Å². The Morgan fingerprint density at radius 1 is 1.00 bits per heavy atom. The summed E-state index contributed by atoms with van der Waals surface area (Å²) in [5, 5.41) is 0. The molecule has 2 aromatic carbocycles. The predicted molar refractivity (Wildman–Crippen MR) is 97.4 cm³/mol. The Morgan fingerprint density at radius 2 is 1.75 bits per heavy atom. The molecule has 0 spiro atoms. The van der Waals surface area contributed by atoms with Crippen LogP contribution in [-0.4, -0.2) is 4.57 Å². The average Bonchev–Trinajstić information content (AvgIpc) is 2.58. The highest BCUT2D eigenvalue weighted by Crippen LogP contribution is 2.24. The van der Waals surface area contributed by atoms with Gasteiger partial charge >= 0.3 is 0 Å². The number of nitrogens with zero attached hydrogens (tertiary/aromatic N) is 2. The largest absolute Gasteiger partial charge is 0.313 e. The zero-order valence-corrected chi connectivity index (χ0v) is 13.8. The Balaban J connectivity index is 2.22. The molecule has 0 unspecified atom stereocenters. The molecule has 0 aliphatic heterocycles. The Bertz CT molecular complexity index is 979. The maximum absolute atomic E-state index is 12.9. The molecule has 118 valence electrons. The van der Waals surface area contributed by atoms with Crippen LogP contribution in [0.25, 0.3) is 16.1 Å². The van der Waals surface area contributed by atoms with Crippen molar-refractivity contribution in [1.29, 1.82) is 0 Å². The van der Waals surface area contributed by atoms with E-state index in [9.17, 15) is 4.79 Å². The van der Waals surface area contributed by atoms with Crippen LogP contribution in [0.1, 0.15) is 16.7 Å². The molecular formula is C21H18N2O. The summed E-state index contributed by atoms with van der Waals surface area (Å²) in [5.74, 6) is 0. The van der Waals surface area contributed by atoms with E-state index in [1.54, 1.807) is 4.57 Å². The SMILES string of the molecule is [C-]#[N+]c1c(C)cc(-c2ccccc2)n(Cc2cccc(C)c2)c1=O. The molecule has 1 heterocycles. The van der Waals surface area contributed by atoms with E-state index in [0.717, 1.165) is 22.4 Å². The summed E-state index contributed by atoms with van der Waals surface area (Å²) < 4.78 is 1.70. The van der Waals surface area contributed by atoms with Crippen LogP contribution < -0.4 is 5.56 Å². The number of rotatable bonds is 3. The highest BCUT2D eigenvalue weighted by molar-refractivity contribution is 5.65. The number of hydrogen-bond acceptors (Lipinski definition) is 1. The second kappa shape index (κ2) is 6.55. The maximum Gasteiger partial charge on any atom is 0.257 e. The first-order valence-electron chi connectivity index (χ1n) is 7.83. The molecule has 3 rings (SSSR count). The van der Waals surface area contributed by atoms with E-state index in [4.69, 9.17) is 6.57 Å². The van der Waals surface area contributed by atoms with Crippen LogP contribution >= 0.6 is 0 Å². The van der Waals surface area contributed by atoms with Gasteiger partial charge in [-0.05, 0) is 36.6 Å². The van der Waals surface area contributed by atoms with E-state index in [2.05, 4.69) is 10.9 Å². The quantitative estimate of drug-likeness (QED) is 0.642. The summed E-state index contributed by atoms with van der Waals surface area (Å²) in [6.07, 6.45) is 0. The zero-order chi connectivity index (χ0) is 17.1. The van der Waals surface area contributed by atoms with Gasteiger partial charge in [0.05, 0.1) is 6.57 Å². The van der Waals surface area contributed by atoms with Crippen LogP contribution in [0.15, 0.2) is 65.5 Å². The van der Waals surface area contributed by atoms with Crippen molar-refractivity contribution in [3.63, 3.8) is 0 Å². The predicted octanol–water partition coefficient (Wildman–Crippen LogP) is 4.73. The summed E-state index contributed by atoms with van der Waals surface area (Å²) in [6.45, 7) is 11.6. The summed E-state index contributed by atoms with van der Waals surface area (Å²) in [4.78, 5) is 16.3. The van der Waals surface area contributed by atoms with Gasteiger partial charge in [0.2, 0.25) is 0 Å². The first-order chi connectivity index (χ1) is 11.6. The molecule has 0 aliphatic carbocycles. The molecule has 0 radical (unpaired) electrons. The van der Waals surface area contributed by atoms with Gasteiger partial charge < -0.3 is 4.57 Å². The number of pyridine rings is 1. The molecule has 0 aliphatic rings. The van der Waals surface area contributed by atoms with Gasteiger partial charge in [0.15, 0.2) is 0 Å². The van der Waals surface area contributed by atoms with Crippen molar-refractivity contribution >= 4 is 5.69 Å². The second-order valence-corrected chi connectivity index (χ2v) is 5.92. The topological polar surface area (TPSA) is 26.4 Å². The molecule has 0 atom stereocenters. The first-order valence-corrected chi connectivity index (χ1v) is 7.83. The molecule has 0 saturated heterocycles. The summed E-state index contributed by atoms with van der Waals surface area (Å²) in [6, 6.07) is 19.9. The van der Waals surface area contributed by atoms with Crippen LogP contribution in [0.5, 0.6) is 0 Å². The normalized spacial score (nSPS) is 10.4. The van der Waals surface area contributed by atoms with Crippen LogP contribution in [0, 0.1) is 20.4 Å². The number of hydrogen-bond donors (Lipinski definition) is 0. The van der Waals surface area contributed by atoms with Gasteiger partial charge in [0.1, 0.15) is 0 Å². The fourth-order valence-electron chi connectivity index (χ4n) is 2.89. The zero-order valence-electron chi connectivity index (χ0n) is 13.8. The number of aryl methyl sites for hydroxylation is 2. The Kier molecular flexibility index (Phi) is 4.31. The standard InChI is InChI=1S/C21H18N2O/c1-15-8-7-9-17(12-15)14-23-19(18-10-5-4-6-11-18)13-16(2)20(22-3)21(23)24/h4-13H,14H2,1-2H3. The summed E-state index contributed by atoms with van der Waals surface area (Å²) >= 11 is 0. The molecule has 0 N–H and O–H groups in total. The molecule has 3 aromatic rings. The summed E-state index contributed by atoms with van der Waals surface area (Å²) in [7, 11) is 0. The molecule has 0 saturated carbocycles. The molecule has 0 fully saturated rings. The Hall–Kier alpha value is -3.12. The number of aromatic nitrogens is 1. The van der Waals surface area contributed by atoms with E-state index in [1.807, 2.05) is 68.4 Å². The van der Waals surface area contributed by atoms with Gasteiger partial charge in [-0.15, -0.1) is 0 Å². The van der Waals surface area contributed by atoms with E-state index < -0.39 is 0 Å². The highest BCUT2D eigenvalue weighted by atomic mass is 16.1. The second-order valence-electron chi connectivity index (χ2n) is 5.92. The highest BCUT2D eigenvalue weighted by Gasteiger charge is 2.14. The first kappa shape index (κ1) is 15.8. The molecule has 24 heavy (non-hydrogen) atoms. The molecule has 3 nitrogen and oxygen atoms in total. The van der Waals surface area contributed by atoms with Crippen molar-refractivity contribution < 1.29 is 0 Å². The lowest BCUT2D eigenvalue weighted by Crippen LogP contribution is -2.22. The minimum absolute atomic E-state index is 0.197. The third kappa shape index (κ3) is 3.00. The van der Waals surface area contributed by atoms with Crippen molar-refractivity contribution in [2.24, 2.45) is 0 Å². The molecule has 0 amide bonds. The van der Waals surface area contributed by atoms with Gasteiger partial charge in [0, 0.05) is 12.2 Å². The lowest BCUT2D eigenvalue weighted by atomic mass is 10.1. The molecule has 3 heteroatoms. The average molecular weight is 314 g/mol. The van der Waals surface area contributed by atoms with E-state index in [-0.39, 0.29) is 11.2 Å². The lowest BCUT2D eigenvalue weighted by Gasteiger charge is -2.16. The monoisotopic (exact) mass is 314 g/mol. The van der Waals surface area contributed by atoms with Crippen LogP contribution in [0.2, 0.25) is 0 Å². The Morgan fingerprint density at radius 3 is 2.42 bits per heavy atom. The third-order valence-electron chi connectivity index (χ3n) is 4.07. The van der Waals surface area contributed by atoms with E-state index >= 15 is 0 Å². The van der Waals surface area contributed by atoms with E-state index in [0.29, 0.717) is 12.1 Å². The fraction of sp³-hybridized carbons (Fsp3) is 0.143.